The molecule has 2 aliphatic rings. The fraction of sp³-hybridized carbons (Fsp3) is 0.348. The summed E-state index contributed by atoms with van der Waals surface area (Å²) in [6.45, 7) is 5.11. The summed E-state index contributed by atoms with van der Waals surface area (Å²) in [6, 6.07) is 13.3. The number of carbonyl (C=O) groups is 1. The van der Waals surface area contributed by atoms with Crippen molar-refractivity contribution in [2.45, 2.75) is 25.4 Å². The number of benzene rings is 2. The number of carbonyl (C=O) groups excluding carboxylic acids is 1. The standard InChI is InChI=1S/C23H24ClFN4OS/c1-2-29-13-11-23(12-14-29)27-21(16-3-5-17(24)6-4-16)22(28-23)31-15-20(30)26-19-9-7-18(25)8-10-19/h3-10H,2,11-15H2,1H3,(H,26,30). The van der Waals surface area contributed by atoms with Crippen molar-refractivity contribution in [1.82, 2.24) is 4.90 Å². The molecule has 2 heterocycles. The van der Waals surface area contributed by atoms with Gasteiger partial charge in [-0.15, -0.1) is 0 Å². The molecule has 31 heavy (non-hydrogen) atoms. The number of hydrogen-bond donors (Lipinski definition) is 1. The number of halogens is 2. The minimum atomic E-state index is -0.448. The van der Waals surface area contributed by atoms with Gasteiger partial charge >= 0.3 is 0 Å². The van der Waals surface area contributed by atoms with Gasteiger partial charge in [-0.1, -0.05) is 42.4 Å². The smallest absolute Gasteiger partial charge is 0.234 e. The zero-order chi connectivity index (χ0) is 21.8. The highest BCUT2D eigenvalue weighted by molar-refractivity contribution is 8.16. The molecular weight excluding hydrogens is 435 g/mol. The minimum Gasteiger partial charge on any atom is -0.325 e. The Bertz CT molecular complexity index is 999. The van der Waals surface area contributed by atoms with Gasteiger partial charge in [0.1, 0.15) is 10.9 Å². The maximum atomic E-state index is 13.1. The molecular formula is C23H24ClFN4OS. The summed E-state index contributed by atoms with van der Waals surface area (Å²) in [6.07, 6.45) is 1.73. The van der Waals surface area contributed by atoms with Crippen molar-refractivity contribution in [3.8, 4) is 0 Å². The van der Waals surface area contributed by atoms with Gasteiger partial charge < -0.3 is 10.2 Å². The SMILES string of the molecule is CCN1CCC2(CC1)N=C(SCC(=O)Nc1ccc(F)cc1)C(c1ccc(Cl)cc1)=N2. The number of piperidine rings is 1. The Labute approximate surface area is 190 Å². The number of thioether (sulfide) groups is 1. The molecule has 1 fully saturated rings. The highest BCUT2D eigenvalue weighted by atomic mass is 35.5. The van der Waals surface area contributed by atoms with Crippen molar-refractivity contribution >= 4 is 45.7 Å². The Morgan fingerprint density at radius 2 is 1.81 bits per heavy atom. The first-order valence-electron chi connectivity index (χ1n) is 10.3. The Morgan fingerprint density at radius 1 is 1.13 bits per heavy atom. The molecule has 0 saturated carbocycles. The molecule has 4 rings (SSSR count). The predicted molar refractivity (Wildman–Crippen MR) is 127 cm³/mol. The van der Waals surface area contributed by atoms with Gasteiger partial charge in [0.05, 0.1) is 11.5 Å². The molecule has 1 N–H and O–H groups in total. The third kappa shape index (κ3) is 5.34. The molecule has 0 radical (unpaired) electrons. The lowest BCUT2D eigenvalue weighted by molar-refractivity contribution is -0.113. The zero-order valence-corrected chi connectivity index (χ0v) is 18.8. The van der Waals surface area contributed by atoms with Crippen LogP contribution in [-0.2, 0) is 4.79 Å². The molecule has 0 unspecified atom stereocenters. The molecule has 5 nitrogen and oxygen atoms in total. The van der Waals surface area contributed by atoms with Crippen LogP contribution in [0.5, 0.6) is 0 Å². The van der Waals surface area contributed by atoms with Crippen LogP contribution in [0.2, 0.25) is 5.02 Å². The summed E-state index contributed by atoms with van der Waals surface area (Å²) in [5.74, 6) is -0.313. The van der Waals surface area contributed by atoms with E-state index in [2.05, 4.69) is 17.1 Å². The van der Waals surface area contributed by atoms with Crippen LogP contribution in [0.15, 0.2) is 58.5 Å². The number of amides is 1. The quantitative estimate of drug-likeness (QED) is 0.695. The molecule has 8 heteroatoms. The monoisotopic (exact) mass is 458 g/mol. The van der Waals surface area contributed by atoms with Gasteiger partial charge in [-0.3, -0.25) is 9.79 Å². The van der Waals surface area contributed by atoms with Crippen LogP contribution in [0.1, 0.15) is 25.3 Å². The van der Waals surface area contributed by atoms with E-state index in [1.165, 1.54) is 23.9 Å². The van der Waals surface area contributed by atoms with E-state index in [0.29, 0.717) is 10.7 Å². The van der Waals surface area contributed by atoms with Gasteiger partial charge in [-0.05, 0) is 42.9 Å². The van der Waals surface area contributed by atoms with Gasteiger partial charge in [0.15, 0.2) is 5.66 Å². The summed E-state index contributed by atoms with van der Waals surface area (Å²) in [5, 5.41) is 4.24. The second kappa shape index (κ2) is 9.51. The second-order valence-corrected chi connectivity index (χ2v) is 9.05. The fourth-order valence-corrected chi connectivity index (χ4v) is 4.74. The number of anilines is 1. The van der Waals surface area contributed by atoms with E-state index in [9.17, 15) is 9.18 Å². The van der Waals surface area contributed by atoms with Gasteiger partial charge in [0, 0.05) is 42.2 Å². The molecule has 1 spiro atoms. The topological polar surface area (TPSA) is 57.1 Å². The van der Waals surface area contributed by atoms with Crippen LogP contribution >= 0.6 is 23.4 Å². The third-order valence-corrected chi connectivity index (χ3v) is 6.74. The van der Waals surface area contributed by atoms with Crippen molar-refractivity contribution in [1.29, 1.82) is 0 Å². The molecule has 2 aromatic rings. The van der Waals surface area contributed by atoms with E-state index in [4.69, 9.17) is 21.6 Å². The molecule has 0 atom stereocenters. The van der Waals surface area contributed by atoms with Crippen LogP contribution in [0.25, 0.3) is 0 Å². The third-order valence-electron chi connectivity index (χ3n) is 5.52. The van der Waals surface area contributed by atoms with Crippen LogP contribution in [0, 0.1) is 5.82 Å². The van der Waals surface area contributed by atoms with Crippen LogP contribution in [0.3, 0.4) is 0 Å². The summed E-state index contributed by atoms with van der Waals surface area (Å²) < 4.78 is 13.1. The first kappa shape index (κ1) is 22.0. The molecule has 2 aliphatic heterocycles. The number of nitrogens with one attached hydrogen (secondary N) is 1. The molecule has 1 amide bonds. The van der Waals surface area contributed by atoms with E-state index in [1.54, 1.807) is 12.1 Å². The van der Waals surface area contributed by atoms with Crippen molar-refractivity contribution in [3.05, 3.63) is 64.9 Å². The first-order chi connectivity index (χ1) is 15.0. The Kier molecular flexibility index (Phi) is 6.74. The summed E-state index contributed by atoms with van der Waals surface area (Å²) in [7, 11) is 0. The predicted octanol–water partition coefficient (Wildman–Crippen LogP) is 4.86. The Balaban J connectivity index is 1.49. The number of aliphatic imine (C=N–C) groups is 2. The van der Waals surface area contributed by atoms with E-state index >= 15 is 0 Å². The average Bonchev–Trinajstić information content (AvgIpc) is 3.13. The molecule has 1 saturated heterocycles. The number of likely N-dealkylation sites (tertiary alicyclic amines) is 1. The van der Waals surface area contributed by atoms with E-state index in [1.807, 2.05) is 24.3 Å². The largest absolute Gasteiger partial charge is 0.325 e. The minimum absolute atomic E-state index is 0.170. The fourth-order valence-electron chi connectivity index (χ4n) is 3.73. The molecule has 0 bridgehead atoms. The lowest BCUT2D eigenvalue weighted by Crippen LogP contribution is -2.41. The lowest BCUT2D eigenvalue weighted by atomic mass is 9.98. The molecule has 2 aromatic carbocycles. The van der Waals surface area contributed by atoms with Crippen molar-refractivity contribution in [2.24, 2.45) is 9.98 Å². The normalized spacial score (nSPS) is 18.0. The van der Waals surface area contributed by atoms with Crippen LogP contribution in [0.4, 0.5) is 10.1 Å². The lowest BCUT2D eigenvalue weighted by Gasteiger charge is -2.34. The van der Waals surface area contributed by atoms with Gasteiger partial charge in [-0.2, -0.15) is 0 Å². The zero-order valence-electron chi connectivity index (χ0n) is 17.3. The highest BCUT2D eigenvalue weighted by Gasteiger charge is 2.39. The second-order valence-electron chi connectivity index (χ2n) is 7.64. The van der Waals surface area contributed by atoms with Crippen LogP contribution in [-0.4, -0.2) is 52.6 Å². The maximum Gasteiger partial charge on any atom is 0.234 e. The number of nitrogens with zero attached hydrogens (tertiary/aromatic N) is 3. The number of rotatable bonds is 5. The van der Waals surface area contributed by atoms with E-state index < -0.39 is 5.66 Å². The first-order valence-corrected chi connectivity index (χ1v) is 11.7. The van der Waals surface area contributed by atoms with Crippen molar-refractivity contribution in [3.63, 3.8) is 0 Å². The van der Waals surface area contributed by atoms with Gasteiger partial charge in [0.25, 0.3) is 0 Å². The Hall–Kier alpha value is -2.22. The maximum absolute atomic E-state index is 13.1. The van der Waals surface area contributed by atoms with Crippen LogP contribution < -0.4 is 5.32 Å². The number of hydrogen-bond acceptors (Lipinski definition) is 5. The summed E-state index contributed by atoms with van der Waals surface area (Å²) >= 11 is 7.44. The van der Waals surface area contributed by atoms with Gasteiger partial charge in [-0.25, -0.2) is 9.38 Å². The van der Waals surface area contributed by atoms with Gasteiger partial charge in [0.2, 0.25) is 5.91 Å². The molecule has 0 aromatic heterocycles. The molecule has 0 aliphatic carbocycles. The molecule has 162 valence electrons. The van der Waals surface area contributed by atoms with Crippen molar-refractivity contribution in [2.75, 3.05) is 30.7 Å². The Morgan fingerprint density at radius 3 is 2.45 bits per heavy atom. The van der Waals surface area contributed by atoms with E-state index in [0.717, 1.165) is 48.8 Å². The highest BCUT2D eigenvalue weighted by Crippen LogP contribution is 2.35. The average molecular weight is 459 g/mol. The van der Waals surface area contributed by atoms with Crippen molar-refractivity contribution < 1.29 is 9.18 Å². The summed E-state index contributed by atoms with van der Waals surface area (Å²) in [5.41, 5.74) is 1.89. The summed E-state index contributed by atoms with van der Waals surface area (Å²) in [4.78, 5) is 24.9. The van der Waals surface area contributed by atoms with E-state index in [-0.39, 0.29) is 17.5 Å².